The number of hydrogen-bond acceptors (Lipinski definition) is 20. The number of hydrogen-bond donors (Lipinski definition) is 19. The van der Waals surface area contributed by atoms with Crippen molar-refractivity contribution in [2.45, 2.75) is 139 Å². The molecule has 19 N–H and O–H groups in total. The summed E-state index contributed by atoms with van der Waals surface area (Å²) in [6, 6.07) is 9.86. The Morgan fingerprint density at radius 2 is 0.830 bits per heavy atom. The minimum atomic E-state index is -0.968. The number of carbonyl (C=O) groups excluding carboxylic acids is 10. The molecule has 0 aliphatic carbocycles. The molecule has 0 radical (unpaired) electrons. The van der Waals surface area contributed by atoms with Gasteiger partial charge in [-0.1, -0.05) is 37.1 Å². The zero-order valence-electron chi connectivity index (χ0n) is 50.4. The molecule has 4 atom stereocenters. The second-order valence-corrected chi connectivity index (χ2v) is 23.2. The Hall–Kier alpha value is -6.60. The van der Waals surface area contributed by atoms with Crippen LogP contribution in [0.2, 0.25) is 0 Å². The maximum absolute atomic E-state index is 13.8. The SMILES string of the molecule is NC(=O)[C@H](CS)CC(=O)CCCCCNC(=O)[C@H](Cc1ccc(O)cc1)NC(=O)CCCC(=O)NC12CNCCNCC(NC(=O)CCCC(=O)N[C@@H](Cc3ccc(O)cc3)C(=O)NCCCCCC(=O)N[C@@H](CS)C(N)=O)(CNCCNC1)NCCN2. The number of amides is 9. The van der Waals surface area contributed by atoms with Crippen molar-refractivity contribution in [3.8, 4) is 11.5 Å². The van der Waals surface area contributed by atoms with Crippen LogP contribution >= 0.6 is 25.3 Å². The molecule has 2 bridgehead atoms. The number of benzene rings is 2. The number of phenols is 2. The largest absolute Gasteiger partial charge is 0.508 e. The van der Waals surface area contributed by atoms with Crippen LogP contribution in [-0.4, -0.2) is 189 Å². The van der Waals surface area contributed by atoms with Crippen LogP contribution < -0.4 is 80.6 Å². The number of aromatic hydroxyl groups is 2. The molecule has 88 heavy (non-hydrogen) atoms. The van der Waals surface area contributed by atoms with Crippen LogP contribution in [0.25, 0.3) is 0 Å². The van der Waals surface area contributed by atoms with Gasteiger partial charge >= 0.3 is 0 Å². The van der Waals surface area contributed by atoms with Gasteiger partial charge in [0.05, 0.1) is 5.92 Å². The summed E-state index contributed by atoms with van der Waals surface area (Å²) in [6.07, 6.45) is 4.52. The van der Waals surface area contributed by atoms with E-state index in [0.29, 0.717) is 122 Å². The smallest absolute Gasteiger partial charge is 0.242 e. The average molecular weight is 1270 g/mol. The number of Topliss-reactive ketones (excluding diaryl/α,β-unsaturated/α-hetero) is 1. The van der Waals surface area contributed by atoms with Crippen molar-refractivity contribution in [1.82, 2.24) is 69.1 Å². The van der Waals surface area contributed by atoms with Gasteiger partial charge in [-0.15, -0.1) is 0 Å². The molecule has 2 aromatic carbocycles. The van der Waals surface area contributed by atoms with Crippen LogP contribution in [0, 0.1) is 5.92 Å². The van der Waals surface area contributed by atoms with Crippen LogP contribution in [0.4, 0.5) is 0 Å². The normalized spacial score (nSPS) is 18.7. The van der Waals surface area contributed by atoms with Gasteiger partial charge in [0, 0.05) is 148 Å². The third-order valence-corrected chi connectivity index (χ3v) is 15.7. The van der Waals surface area contributed by atoms with Gasteiger partial charge in [0.2, 0.25) is 53.2 Å². The predicted molar refractivity (Wildman–Crippen MR) is 339 cm³/mol. The Balaban J connectivity index is 1.26. The van der Waals surface area contributed by atoms with Crippen molar-refractivity contribution in [3.63, 3.8) is 0 Å². The number of nitrogens with two attached hydrogens (primary N) is 2. The highest BCUT2D eigenvalue weighted by molar-refractivity contribution is 7.80. The number of phenolic OH excluding ortho intramolecular Hbond substituents is 2. The van der Waals surface area contributed by atoms with E-state index in [1.54, 1.807) is 24.3 Å². The van der Waals surface area contributed by atoms with Crippen molar-refractivity contribution in [2.24, 2.45) is 17.4 Å². The molecule has 29 heteroatoms. The van der Waals surface area contributed by atoms with E-state index in [1.165, 1.54) is 24.3 Å². The zero-order chi connectivity index (χ0) is 64.2. The van der Waals surface area contributed by atoms with E-state index < -0.39 is 70.8 Å². The maximum atomic E-state index is 13.8. The van der Waals surface area contributed by atoms with Gasteiger partial charge in [-0.25, -0.2) is 0 Å². The van der Waals surface area contributed by atoms with E-state index in [0.717, 1.165) is 0 Å². The van der Waals surface area contributed by atoms with Gasteiger partial charge in [-0.3, -0.25) is 58.6 Å². The monoisotopic (exact) mass is 1270 g/mol. The first-order chi connectivity index (χ1) is 42.2. The molecule has 0 aromatic heterocycles. The maximum Gasteiger partial charge on any atom is 0.242 e. The third kappa shape index (κ3) is 29.6. The Morgan fingerprint density at radius 3 is 1.20 bits per heavy atom. The highest BCUT2D eigenvalue weighted by atomic mass is 32.1. The number of primary amides is 2. The summed E-state index contributed by atoms with van der Waals surface area (Å²) in [6.45, 7) is 4.73. The molecular formula is C59H95N15O12S2. The highest BCUT2D eigenvalue weighted by Crippen LogP contribution is 2.16. The standard InChI is InChI=1S/C59H95N15O12S2/c60-54(83)42(34-87)33-45(77)9-3-1-5-23-66-56(85)46(31-40-15-19-43(75)20-16-40)70-50(79)11-7-13-52(81)73-58-36-62-25-27-64-38-59(69-30-29-68-58,39-65-28-26-63-37-58)74-53(82)14-8-12-51(80)71-47(32-41-17-21-44(76)22-18-41)57(86)67-24-6-2-4-10-49(78)72-48(35-88)55(61)84/h15-22,42,46-48,62-65,68-69,75-76,87-88H,1-14,23-39H2,(H2,60,83)(H2,61,84)(H,66,85)(H,67,86)(H,70,79)(H,71,80)(H,72,78)(H,73,81)(H,74,82)/t42-,46-,47-,48-,58?,59?/m0/s1. The van der Waals surface area contributed by atoms with Crippen LogP contribution in [0.1, 0.15) is 107 Å². The van der Waals surface area contributed by atoms with Crippen molar-refractivity contribution in [3.05, 3.63) is 59.7 Å². The topological polar surface area (TPSA) is 420 Å². The lowest BCUT2D eigenvalue weighted by Crippen LogP contribution is -2.73. The molecule has 2 heterocycles. The van der Waals surface area contributed by atoms with Gasteiger partial charge < -0.3 is 80.2 Å². The number of ketones is 1. The number of thiol groups is 2. The van der Waals surface area contributed by atoms with Crippen LogP contribution in [0.15, 0.2) is 48.5 Å². The summed E-state index contributed by atoms with van der Waals surface area (Å²) in [7, 11) is 0. The summed E-state index contributed by atoms with van der Waals surface area (Å²) in [5.74, 6) is -4.13. The molecule has 27 nitrogen and oxygen atoms in total. The van der Waals surface area contributed by atoms with E-state index in [9.17, 15) is 58.2 Å². The Labute approximate surface area is 526 Å². The Bertz CT molecular complexity index is 2370. The molecular weight excluding hydrogens is 1170 g/mol. The lowest BCUT2D eigenvalue weighted by atomic mass is 10.0. The van der Waals surface area contributed by atoms with Crippen LogP contribution in [0.3, 0.4) is 0 Å². The van der Waals surface area contributed by atoms with Crippen molar-refractivity contribution in [1.29, 1.82) is 0 Å². The first kappa shape index (κ1) is 73.9. The molecule has 4 rings (SSSR count). The third-order valence-electron chi connectivity index (χ3n) is 14.9. The molecule has 2 fully saturated rings. The molecule has 9 amide bonds. The van der Waals surface area contributed by atoms with Crippen LogP contribution in [0.5, 0.6) is 11.5 Å². The van der Waals surface area contributed by atoms with Crippen LogP contribution in [-0.2, 0) is 60.8 Å². The fraction of sp³-hybridized carbons (Fsp3) is 0.627. The average Bonchev–Trinajstić information content (AvgIpc) is 3.31. The lowest BCUT2D eigenvalue weighted by molar-refractivity contribution is -0.129. The molecule has 2 saturated heterocycles. The molecule has 0 unspecified atom stereocenters. The highest BCUT2D eigenvalue weighted by Gasteiger charge is 2.35. The summed E-state index contributed by atoms with van der Waals surface area (Å²) < 4.78 is 0. The second kappa shape index (κ2) is 40.8. The molecule has 2 aliphatic rings. The summed E-state index contributed by atoms with van der Waals surface area (Å²) in [5, 5.41) is 60.8. The fourth-order valence-electron chi connectivity index (χ4n) is 9.96. The Kier molecular flexibility index (Phi) is 34.3. The van der Waals surface area contributed by atoms with Gasteiger partial charge in [0.25, 0.3) is 0 Å². The first-order valence-electron chi connectivity index (χ1n) is 30.5. The van der Waals surface area contributed by atoms with Gasteiger partial charge in [0.1, 0.15) is 46.7 Å². The molecule has 2 aromatic rings. The fourth-order valence-corrected chi connectivity index (χ4v) is 10.5. The van der Waals surface area contributed by atoms with Crippen molar-refractivity contribution in [2.75, 3.05) is 90.0 Å². The van der Waals surface area contributed by atoms with Crippen molar-refractivity contribution < 1.29 is 58.2 Å². The van der Waals surface area contributed by atoms with Crippen molar-refractivity contribution >= 4 is 84.2 Å². The zero-order valence-corrected chi connectivity index (χ0v) is 52.2. The number of nitrogens with one attached hydrogen (secondary N) is 13. The number of carbonyl (C=O) groups is 10. The molecule has 0 spiro atoms. The molecule has 2 aliphatic heterocycles. The van der Waals surface area contributed by atoms with E-state index in [2.05, 4.69) is 94.4 Å². The quantitative estimate of drug-likeness (QED) is 0.0248. The Morgan fingerprint density at radius 1 is 0.455 bits per heavy atom. The minimum Gasteiger partial charge on any atom is -0.508 e. The van der Waals surface area contributed by atoms with E-state index in [-0.39, 0.29) is 124 Å². The minimum absolute atomic E-state index is 0.00328. The predicted octanol–water partition coefficient (Wildman–Crippen LogP) is -2.37. The molecule has 490 valence electrons. The van der Waals surface area contributed by atoms with E-state index >= 15 is 0 Å². The second-order valence-electron chi connectivity index (χ2n) is 22.4. The molecule has 0 saturated carbocycles. The van der Waals surface area contributed by atoms with Gasteiger partial charge in [-0.05, 0) is 73.9 Å². The lowest BCUT2D eigenvalue weighted by Gasteiger charge is -2.41. The summed E-state index contributed by atoms with van der Waals surface area (Å²) >= 11 is 8.13. The summed E-state index contributed by atoms with van der Waals surface area (Å²) in [4.78, 5) is 129. The number of unbranched alkanes of at least 4 members (excludes halogenated alkanes) is 4. The summed E-state index contributed by atoms with van der Waals surface area (Å²) in [5.41, 5.74) is 10.1. The first-order valence-corrected chi connectivity index (χ1v) is 31.8. The van der Waals surface area contributed by atoms with E-state index in [1.807, 2.05) is 0 Å². The van der Waals surface area contributed by atoms with Gasteiger partial charge in [-0.2, -0.15) is 25.3 Å². The number of rotatable bonds is 37. The van der Waals surface area contributed by atoms with Gasteiger partial charge in [0.15, 0.2) is 0 Å². The number of fused-ring (bicyclic) bond motifs is 5. The van der Waals surface area contributed by atoms with E-state index in [4.69, 9.17) is 11.5 Å².